The second-order valence-electron chi connectivity index (χ2n) is 9.54. The molecule has 4 atom stereocenters. The van der Waals surface area contributed by atoms with Gasteiger partial charge in [-0.1, -0.05) is 36.0 Å². The van der Waals surface area contributed by atoms with E-state index in [9.17, 15) is 14.7 Å². The first kappa shape index (κ1) is 29.1. The lowest BCUT2D eigenvalue weighted by Gasteiger charge is -2.50. The molecule has 0 spiro atoms. The van der Waals surface area contributed by atoms with Gasteiger partial charge < -0.3 is 29.1 Å². The lowest BCUT2D eigenvalue weighted by molar-refractivity contribution is -0.298. The average molecular weight is 533 g/mol. The van der Waals surface area contributed by atoms with Crippen molar-refractivity contribution in [1.29, 1.82) is 0 Å². The van der Waals surface area contributed by atoms with Crippen molar-refractivity contribution in [2.75, 3.05) is 26.5 Å². The molecule has 2 amide bonds. The highest BCUT2D eigenvalue weighted by molar-refractivity contribution is 8.13. The number of allylic oxidation sites excluding steroid dienone is 2. The summed E-state index contributed by atoms with van der Waals surface area (Å²) < 4.78 is 18.1. The number of benzene rings is 1. The van der Waals surface area contributed by atoms with Gasteiger partial charge in [-0.25, -0.2) is 4.79 Å². The Morgan fingerprint density at radius 3 is 2.57 bits per heavy atom. The highest BCUT2D eigenvalue weighted by Crippen LogP contribution is 2.43. The monoisotopic (exact) mass is 532 g/mol. The van der Waals surface area contributed by atoms with Crippen LogP contribution in [-0.4, -0.2) is 76.7 Å². The first-order chi connectivity index (χ1) is 17.9. The Hall–Kier alpha value is -2.49. The third kappa shape index (κ3) is 7.30. The number of carboxylic acid groups (broad SMARTS) is 1. The molecule has 37 heavy (non-hydrogen) atoms. The summed E-state index contributed by atoms with van der Waals surface area (Å²) in [6, 6.07) is 7.00. The molecule has 0 unspecified atom stereocenters. The summed E-state index contributed by atoms with van der Waals surface area (Å²) in [6.45, 7) is 8.39. The third-order valence-corrected chi connectivity index (χ3v) is 8.15. The zero-order valence-corrected chi connectivity index (χ0v) is 22.8. The first-order valence-corrected chi connectivity index (χ1v) is 13.9. The second kappa shape index (κ2) is 13.9. The number of thioether (sulfide) groups is 1. The van der Waals surface area contributed by atoms with Crippen LogP contribution >= 0.6 is 11.8 Å². The third-order valence-electron chi connectivity index (χ3n) is 7.19. The Morgan fingerprint density at radius 1 is 1.24 bits per heavy atom. The maximum absolute atomic E-state index is 13.0. The number of ether oxygens (including phenoxy) is 3. The van der Waals surface area contributed by atoms with E-state index in [2.05, 4.69) is 13.2 Å². The van der Waals surface area contributed by atoms with Crippen LogP contribution in [0.2, 0.25) is 0 Å². The molecule has 0 aromatic heterocycles. The van der Waals surface area contributed by atoms with Crippen LogP contribution in [0.5, 0.6) is 5.75 Å². The van der Waals surface area contributed by atoms with Gasteiger partial charge in [-0.3, -0.25) is 4.79 Å². The van der Waals surface area contributed by atoms with E-state index < -0.39 is 11.9 Å². The van der Waals surface area contributed by atoms with Crippen LogP contribution in [0.4, 0.5) is 9.59 Å². The molecular weight excluding hydrogens is 492 g/mol. The number of nitrogens with zero attached hydrogens (tertiary/aromatic N) is 2. The summed E-state index contributed by atoms with van der Waals surface area (Å²) in [5.74, 6) is 0.152. The van der Waals surface area contributed by atoms with Crippen molar-refractivity contribution in [1.82, 2.24) is 9.80 Å². The molecule has 0 bridgehead atoms. The number of rotatable bonds is 14. The standard InChI is InChI=1S/C28H40N2O6S/c1-5-7-9-11-24-17-22(29(26(31)32)16-10-8-6-2)18-28(35-4,36-24)25-20-37-27(33)30(25)19-21-12-14-23(34-3)15-13-21/h5-6,12-15,22,24-25H,1-2,7-11,16-20H2,3-4H3,(H,31,32)/t22-,24-,25+,28-/m1/s1. The number of methoxy groups -OCH3 is 2. The van der Waals surface area contributed by atoms with Gasteiger partial charge >= 0.3 is 6.09 Å². The van der Waals surface area contributed by atoms with E-state index in [1.807, 2.05) is 35.2 Å². The molecule has 1 aromatic rings. The Balaban J connectivity index is 1.89. The second-order valence-corrected chi connectivity index (χ2v) is 10.5. The predicted octanol–water partition coefficient (Wildman–Crippen LogP) is 5.93. The van der Waals surface area contributed by atoms with Crippen molar-refractivity contribution in [3.63, 3.8) is 0 Å². The summed E-state index contributed by atoms with van der Waals surface area (Å²) in [4.78, 5) is 28.7. The highest BCUT2D eigenvalue weighted by atomic mass is 32.2. The average Bonchev–Trinajstić information content (AvgIpc) is 3.27. The zero-order valence-electron chi connectivity index (χ0n) is 22.0. The lowest BCUT2D eigenvalue weighted by Crippen LogP contribution is -2.62. The largest absolute Gasteiger partial charge is 0.497 e. The first-order valence-electron chi connectivity index (χ1n) is 12.9. The van der Waals surface area contributed by atoms with Gasteiger partial charge in [-0.15, -0.1) is 13.2 Å². The molecule has 2 saturated heterocycles. The van der Waals surface area contributed by atoms with Crippen molar-refractivity contribution >= 4 is 23.1 Å². The minimum absolute atomic E-state index is 0.0350. The quantitative estimate of drug-likeness (QED) is 0.235. The van der Waals surface area contributed by atoms with E-state index in [0.717, 1.165) is 37.0 Å². The fourth-order valence-electron chi connectivity index (χ4n) is 5.24. The summed E-state index contributed by atoms with van der Waals surface area (Å²) in [5.41, 5.74) is 0.972. The van der Waals surface area contributed by atoms with Crippen LogP contribution < -0.4 is 4.74 Å². The smallest absolute Gasteiger partial charge is 0.407 e. The number of unbranched alkanes of at least 4 members (excludes halogenated alkanes) is 2. The normalized spacial score (nSPS) is 25.6. The van der Waals surface area contributed by atoms with Gasteiger partial charge in [-0.2, -0.15) is 0 Å². The summed E-state index contributed by atoms with van der Waals surface area (Å²) in [6.07, 6.45) is 7.46. The molecule has 1 N–H and O–H groups in total. The van der Waals surface area contributed by atoms with Gasteiger partial charge in [0, 0.05) is 38.4 Å². The fraction of sp³-hybridized carbons (Fsp3) is 0.571. The van der Waals surface area contributed by atoms with Gasteiger partial charge in [0.1, 0.15) is 5.75 Å². The van der Waals surface area contributed by atoms with E-state index in [1.165, 1.54) is 16.7 Å². The molecule has 2 fully saturated rings. The number of hydrogen-bond donors (Lipinski definition) is 1. The van der Waals surface area contributed by atoms with Gasteiger partial charge in [0.05, 0.1) is 19.3 Å². The number of carbonyl (C=O) groups is 2. The summed E-state index contributed by atoms with van der Waals surface area (Å²) in [7, 11) is 3.22. The number of amides is 2. The number of carbonyl (C=O) groups excluding carboxylic acids is 1. The van der Waals surface area contributed by atoms with E-state index in [0.29, 0.717) is 38.1 Å². The minimum atomic E-state index is -1.11. The van der Waals surface area contributed by atoms with Crippen LogP contribution in [0.3, 0.4) is 0 Å². The van der Waals surface area contributed by atoms with Crippen LogP contribution in [0.25, 0.3) is 0 Å². The maximum Gasteiger partial charge on any atom is 0.407 e. The molecule has 1 aromatic carbocycles. The van der Waals surface area contributed by atoms with E-state index in [-0.39, 0.29) is 23.4 Å². The van der Waals surface area contributed by atoms with Crippen LogP contribution in [0.1, 0.15) is 50.5 Å². The molecule has 2 aliphatic rings. The van der Waals surface area contributed by atoms with Gasteiger partial charge in [0.2, 0.25) is 0 Å². The molecule has 8 nitrogen and oxygen atoms in total. The fourth-order valence-corrected chi connectivity index (χ4v) is 6.33. The van der Waals surface area contributed by atoms with Crippen molar-refractivity contribution in [2.45, 2.75) is 75.5 Å². The van der Waals surface area contributed by atoms with Crippen molar-refractivity contribution < 1.29 is 28.9 Å². The van der Waals surface area contributed by atoms with Crippen molar-refractivity contribution in [3.8, 4) is 5.75 Å². The lowest BCUT2D eigenvalue weighted by atomic mass is 9.88. The summed E-state index contributed by atoms with van der Waals surface area (Å²) in [5, 5.41) is 10.1. The number of hydrogen-bond acceptors (Lipinski definition) is 6. The van der Waals surface area contributed by atoms with Crippen molar-refractivity contribution in [2.24, 2.45) is 0 Å². The Bertz CT molecular complexity index is 926. The van der Waals surface area contributed by atoms with E-state index in [4.69, 9.17) is 14.2 Å². The Labute approximate surface area is 224 Å². The molecule has 0 saturated carbocycles. The Kier molecular flexibility index (Phi) is 10.9. The molecular formula is C28H40N2O6S. The molecule has 204 valence electrons. The SMILES string of the molecule is C=CCCC[C@@H]1C[C@@H](N(CCCC=C)C(=O)O)C[C@](OC)([C@@H]2CSC(=O)N2Cc2ccc(OC)cc2)O1. The minimum Gasteiger partial charge on any atom is -0.497 e. The van der Waals surface area contributed by atoms with E-state index in [1.54, 1.807) is 20.3 Å². The van der Waals surface area contributed by atoms with Gasteiger partial charge in [0.25, 0.3) is 5.24 Å². The summed E-state index contributed by atoms with van der Waals surface area (Å²) >= 11 is 1.25. The molecule has 0 aliphatic carbocycles. The molecule has 3 rings (SSSR count). The molecule has 9 heteroatoms. The zero-order chi connectivity index (χ0) is 26.8. The van der Waals surface area contributed by atoms with Crippen molar-refractivity contribution in [3.05, 3.63) is 55.1 Å². The topological polar surface area (TPSA) is 88.5 Å². The molecule has 0 radical (unpaired) electrons. The predicted molar refractivity (Wildman–Crippen MR) is 146 cm³/mol. The highest BCUT2D eigenvalue weighted by Gasteiger charge is 2.54. The van der Waals surface area contributed by atoms with Crippen LogP contribution in [-0.2, 0) is 16.0 Å². The van der Waals surface area contributed by atoms with Gasteiger partial charge in [0.15, 0.2) is 5.79 Å². The van der Waals surface area contributed by atoms with Crippen LogP contribution in [0.15, 0.2) is 49.6 Å². The maximum atomic E-state index is 13.0. The van der Waals surface area contributed by atoms with Crippen LogP contribution in [0, 0.1) is 0 Å². The molecule has 2 aliphatic heterocycles. The van der Waals surface area contributed by atoms with E-state index >= 15 is 0 Å². The van der Waals surface area contributed by atoms with Gasteiger partial charge in [-0.05, 0) is 56.2 Å². The molecule has 2 heterocycles. The Morgan fingerprint density at radius 2 is 1.95 bits per heavy atom.